The molecular formula is C23H37NO4Si. The molecule has 1 amide bonds. The molecule has 0 radical (unpaired) electrons. The maximum absolute atomic E-state index is 11.6. The van der Waals surface area contributed by atoms with Crippen molar-refractivity contribution in [1.82, 2.24) is 5.32 Å². The van der Waals surface area contributed by atoms with E-state index in [0.717, 1.165) is 5.56 Å². The number of methoxy groups -OCH3 is 2. The quantitative estimate of drug-likeness (QED) is 0.333. The maximum Gasteiger partial charge on any atom is 0.243 e. The number of amides is 1. The zero-order valence-electron chi connectivity index (χ0n) is 19.2. The molecular weight excluding hydrogens is 382 g/mol. The Hall–Kier alpha value is -2.05. The highest BCUT2D eigenvalue weighted by Crippen LogP contribution is 2.38. The summed E-state index contributed by atoms with van der Waals surface area (Å²) in [4.78, 5) is 11.6. The van der Waals surface area contributed by atoms with E-state index in [9.17, 15) is 4.79 Å². The van der Waals surface area contributed by atoms with Gasteiger partial charge in [-0.25, -0.2) is 0 Å². The van der Waals surface area contributed by atoms with Crippen molar-refractivity contribution in [3.8, 4) is 11.5 Å². The van der Waals surface area contributed by atoms with E-state index >= 15 is 0 Å². The molecule has 0 spiro atoms. The van der Waals surface area contributed by atoms with Gasteiger partial charge >= 0.3 is 0 Å². The molecule has 0 saturated heterocycles. The monoisotopic (exact) mass is 419 g/mol. The second-order valence-corrected chi connectivity index (χ2v) is 13.2. The van der Waals surface area contributed by atoms with Crippen LogP contribution in [-0.4, -0.2) is 41.1 Å². The van der Waals surface area contributed by atoms with E-state index in [4.69, 9.17) is 13.9 Å². The topological polar surface area (TPSA) is 56.8 Å². The second-order valence-electron chi connectivity index (χ2n) is 8.45. The van der Waals surface area contributed by atoms with Crippen LogP contribution >= 0.6 is 0 Å². The van der Waals surface area contributed by atoms with Gasteiger partial charge in [0.2, 0.25) is 5.91 Å². The van der Waals surface area contributed by atoms with Crippen molar-refractivity contribution in [2.24, 2.45) is 0 Å². The fourth-order valence-corrected chi connectivity index (χ4v) is 3.78. The number of hydrogen-bond donors (Lipinski definition) is 1. The number of allylic oxidation sites excluding steroid dienone is 2. The van der Waals surface area contributed by atoms with Gasteiger partial charge < -0.3 is 19.2 Å². The Balaban J connectivity index is 3.05. The molecule has 1 atom stereocenters. The molecule has 0 heterocycles. The third-order valence-electron chi connectivity index (χ3n) is 5.17. The maximum atomic E-state index is 11.6. The molecule has 1 aromatic carbocycles. The van der Waals surface area contributed by atoms with Crippen LogP contribution < -0.4 is 14.8 Å². The van der Waals surface area contributed by atoms with E-state index in [0.29, 0.717) is 24.5 Å². The summed E-state index contributed by atoms with van der Waals surface area (Å²) in [7, 11) is 1.30. The number of hydrogen-bond acceptors (Lipinski definition) is 4. The van der Waals surface area contributed by atoms with Crippen molar-refractivity contribution < 1.29 is 18.7 Å². The highest BCUT2D eigenvalue weighted by molar-refractivity contribution is 6.74. The van der Waals surface area contributed by atoms with Crippen LogP contribution in [0.15, 0.2) is 42.5 Å². The van der Waals surface area contributed by atoms with Gasteiger partial charge in [0, 0.05) is 19.0 Å². The van der Waals surface area contributed by atoms with E-state index in [1.54, 1.807) is 20.3 Å². The molecule has 5 nitrogen and oxygen atoms in total. The molecule has 0 saturated carbocycles. The van der Waals surface area contributed by atoms with Gasteiger partial charge in [0.15, 0.2) is 19.8 Å². The number of carbonyl (C=O) groups excluding carboxylic acids is 1. The first-order valence-electron chi connectivity index (χ1n) is 10.1. The summed E-state index contributed by atoms with van der Waals surface area (Å²) in [5.74, 6) is 1.31. The second kappa shape index (κ2) is 11.2. The first-order valence-corrected chi connectivity index (χ1v) is 13.0. The summed E-state index contributed by atoms with van der Waals surface area (Å²) in [6.45, 7) is 13.7. The molecule has 0 aliphatic heterocycles. The summed E-state index contributed by atoms with van der Waals surface area (Å²) in [5.41, 5.74) is 1.10. The van der Waals surface area contributed by atoms with Gasteiger partial charge in [-0.15, -0.1) is 0 Å². The lowest BCUT2D eigenvalue weighted by molar-refractivity contribution is -0.116. The normalized spacial score (nSPS) is 13.7. The van der Waals surface area contributed by atoms with Crippen LogP contribution in [0.25, 0.3) is 0 Å². The van der Waals surface area contributed by atoms with Gasteiger partial charge in [-0.2, -0.15) is 0 Å². The van der Waals surface area contributed by atoms with Crippen LogP contribution in [0.5, 0.6) is 11.5 Å². The highest BCUT2D eigenvalue weighted by Gasteiger charge is 2.38. The van der Waals surface area contributed by atoms with Crippen molar-refractivity contribution in [2.75, 3.05) is 20.8 Å². The Labute approximate surface area is 177 Å². The van der Waals surface area contributed by atoms with Gasteiger partial charge in [-0.1, -0.05) is 45.1 Å². The zero-order chi connectivity index (χ0) is 22.1. The molecule has 0 aliphatic carbocycles. The average Bonchev–Trinajstić information content (AvgIpc) is 2.64. The molecule has 1 N–H and O–H groups in total. The molecule has 1 aromatic rings. The molecule has 0 fully saturated rings. The summed E-state index contributed by atoms with van der Waals surface area (Å²) in [6.07, 6.45) is 7.79. The predicted molar refractivity (Wildman–Crippen MR) is 122 cm³/mol. The zero-order valence-corrected chi connectivity index (χ0v) is 20.2. The Morgan fingerprint density at radius 1 is 1.14 bits per heavy atom. The molecule has 6 heteroatoms. The number of benzene rings is 1. The van der Waals surface area contributed by atoms with E-state index in [-0.39, 0.29) is 17.0 Å². The molecule has 29 heavy (non-hydrogen) atoms. The molecule has 0 aliphatic rings. The summed E-state index contributed by atoms with van der Waals surface area (Å²) < 4.78 is 17.4. The van der Waals surface area contributed by atoms with Crippen LogP contribution in [0, 0.1) is 0 Å². The van der Waals surface area contributed by atoms with Gasteiger partial charge in [-0.3, -0.25) is 4.79 Å². The summed E-state index contributed by atoms with van der Waals surface area (Å²) >= 11 is 0. The summed E-state index contributed by atoms with van der Waals surface area (Å²) in [5, 5.41) is 2.85. The number of carbonyl (C=O) groups is 1. The standard InChI is InChI=1S/C23H37NO4Si/c1-9-24-22(25)13-11-10-12-19(28-29(7,8)23(2,3)4)16-18-14-15-20(26-5)21(17-18)27-6/h10-15,17,19H,9,16H2,1-8H3,(H,24,25)/b12-10+,13-11-/t19-/m0/s1. The van der Waals surface area contributed by atoms with Crippen LogP contribution in [0.2, 0.25) is 18.1 Å². The number of ether oxygens (including phenoxy) is 2. The first-order chi connectivity index (χ1) is 13.5. The van der Waals surface area contributed by atoms with Gasteiger partial charge in [-0.05, 0) is 42.8 Å². The lowest BCUT2D eigenvalue weighted by Gasteiger charge is -2.38. The predicted octanol–water partition coefficient (Wildman–Crippen LogP) is 4.89. The van der Waals surface area contributed by atoms with Crippen LogP contribution in [0.4, 0.5) is 0 Å². The van der Waals surface area contributed by atoms with E-state index < -0.39 is 8.32 Å². The van der Waals surface area contributed by atoms with Gasteiger partial charge in [0.05, 0.1) is 20.3 Å². The largest absolute Gasteiger partial charge is 0.493 e. The SMILES string of the molecule is CCNC(=O)/C=C\C=C\[C@@H](Cc1ccc(OC)c(OC)c1)O[Si](C)(C)C(C)(C)C. The summed E-state index contributed by atoms with van der Waals surface area (Å²) in [6, 6.07) is 5.93. The minimum absolute atomic E-state index is 0.0982. The third kappa shape index (κ3) is 8.07. The number of likely N-dealkylation sites (N-methyl/N-ethyl adjacent to an activating group) is 1. The molecule has 1 rings (SSSR count). The van der Waals surface area contributed by atoms with Crippen LogP contribution in [0.1, 0.15) is 33.3 Å². The number of nitrogens with one attached hydrogen (secondary N) is 1. The highest BCUT2D eigenvalue weighted by atomic mass is 28.4. The Bertz CT molecular complexity index is 720. The Morgan fingerprint density at radius 3 is 2.34 bits per heavy atom. The minimum Gasteiger partial charge on any atom is -0.493 e. The smallest absolute Gasteiger partial charge is 0.243 e. The van der Waals surface area contributed by atoms with Crippen molar-refractivity contribution >= 4 is 14.2 Å². The average molecular weight is 420 g/mol. The van der Waals surface area contributed by atoms with Gasteiger partial charge in [0.1, 0.15) is 0 Å². The van der Waals surface area contributed by atoms with Crippen LogP contribution in [-0.2, 0) is 15.6 Å². The van der Waals surface area contributed by atoms with Crippen molar-refractivity contribution in [2.45, 2.75) is 58.4 Å². The Morgan fingerprint density at radius 2 is 1.79 bits per heavy atom. The van der Waals surface area contributed by atoms with E-state index in [2.05, 4.69) is 39.2 Å². The lowest BCUT2D eigenvalue weighted by atomic mass is 10.1. The van der Waals surface area contributed by atoms with Crippen molar-refractivity contribution in [1.29, 1.82) is 0 Å². The fourth-order valence-electron chi connectivity index (χ4n) is 2.51. The number of rotatable bonds is 10. The van der Waals surface area contributed by atoms with Crippen molar-refractivity contribution in [3.05, 3.63) is 48.1 Å². The molecule has 0 aromatic heterocycles. The lowest BCUT2D eigenvalue weighted by Crippen LogP contribution is -2.44. The minimum atomic E-state index is -1.97. The molecule has 0 bridgehead atoms. The first kappa shape index (κ1) is 25.0. The fraction of sp³-hybridized carbons (Fsp3) is 0.522. The van der Waals surface area contributed by atoms with E-state index in [1.165, 1.54) is 6.08 Å². The van der Waals surface area contributed by atoms with E-state index in [1.807, 2.05) is 37.3 Å². The Kier molecular flexibility index (Phi) is 9.66. The molecule has 0 unspecified atom stereocenters. The molecule has 162 valence electrons. The van der Waals surface area contributed by atoms with Gasteiger partial charge in [0.25, 0.3) is 0 Å². The van der Waals surface area contributed by atoms with Crippen molar-refractivity contribution in [3.63, 3.8) is 0 Å². The van der Waals surface area contributed by atoms with Crippen LogP contribution in [0.3, 0.4) is 0 Å². The third-order valence-corrected chi connectivity index (χ3v) is 9.68.